The van der Waals surface area contributed by atoms with Crippen molar-refractivity contribution in [1.82, 2.24) is 4.90 Å². The molecule has 0 N–H and O–H groups in total. The predicted octanol–water partition coefficient (Wildman–Crippen LogP) is 1.42. The molecule has 2 aliphatic heterocycles. The van der Waals surface area contributed by atoms with Crippen molar-refractivity contribution in [3.63, 3.8) is 0 Å². The highest BCUT2D eigenvalue weighted by atomic mass is 32.2. The summed E-state index contributed by atoms with van der Waals surface area (Å²) in [6.07, 6.45) is 0. The van der Waals surface area contributed by atoms with Crippen molar-refractivity contribution >= 4 is 32.7 Å². The second kappa shape index (κ2) is 5.46. The molecule has 2 atom stereocenters. The van der Waals surface area contributed by atoms with Crippen LogP contribution < -0.4 is 0 Å². The predicted molar refractivity (Wildman–Crippen MR) is 84.4 cm³/mol. The number of rotatable bonds is 2. The summed E-state index contributed by atoms with van der Waals surface area (Å²) >= 11 is 1.42. The summed E-state index contributed by atoms with van der Waals surface area (Å²) in [6, 6.07) is 8.86. The van der Waals surface area contributed by atoms with Crippen LogP contribution in [0.3, 0.4) is 0 Å². The highest BCUT2D eigenvalue weighted by Crippen LogP contribution is 2.37. The van der Waals surface area contributed by atoms with E-state index in [-0.39, 0.29) is 28.7 Å². The van der Waals surface area contributed by atoms with E-state index in [1.165, 1.54) is 11.8 Å². The molecule has 2 fully saturated rings. The number of carbonyl (C=O) groups excluding carboxylic acids is 1. The number of benzene rings is 1. The van der Waals surface area contributed by atoms with E-state index in [4.69, 9.17) is 0 Å². The molecule has 7 heteroatoms. The van der Waals surface area contributed by atoms with Gasteiger partial charge in [0.1, 0.15) is 0 Å². The molecule has 0 unspecified atom stereocenters. The minimum absolute atomic E-state index is 0.00252. The summed E-state index contributed by atoms with van der Waals surface area (Å²) in [7, 11) is -2.96. The summed E-state index contributed by atoms with van der Waals surface area (Å²) in [5.74, 6) is 0.0634. The van der Waals surface area contributed by atoms with Crippen molar-refractivity contribution in [2.24, 2.45) is 4.99 Å². The van der Waals surface area contributed by atoms with Crippen LogP contribution in [0.5, 0.6) is 0 Å². The van der Waals surface area contributed by atoms with Crippen LogP contribution in [0.4, 0.5) is 0 Å². The number of carbonyl (C=O) groups is 1. The molecular formula is C14H16N2O3S2. The van der Waals surface area contributed by atoms with Gasteiger partial charge in [-0.15, -0.1) is 0 Å². The second-order valence-corrected chi connectivity index (χ2v) is 8.51. The van der Waals surface area contributed by atoms with Gasteiger partial charge in [0.2, 0.25) is 0 Å². The van der Waals surface area contributed by atoms with Crippen LogP contribution in [0.25, 0.3) is 0 Å². The Morgan fingerprint density at radius 3 is 2.71 bits per heavy atom. The molecule has 0 radical (unpaired) electrons. The smallest absolute Gasteiger partial charge is 0.279 e. The van der Waals surface area contributed by atoms with Crippen molar-refractivity contribution in [1.29, 1.82) is 0 Å². The van der Waals surface area contributed by atoms with E-state index in [0.29, 0.717) is 17.3 Å². The van der Waals surface area contributed by atoms with E-state index in [1.54, 1.807) is 24.3 Å². The van der Waals surface area contributed by atoms with Crippen molar-refractivity contribution in [2.75, 3.05) is 18.1 Å². The maximum Gasteiger partial charge on any atom is 0.279 e. The Morgan fingerprint density at radius 1 is 1.33 bits per heavy atom. The van der Waals surface area contributed by atoms with E-state index in [1.807, 2.05) is 17.9 Å². The van der Waals surface area contributed by atoms with Gasteiger partial charge in [0.15, 0.2) is 15.0 Å². The van der Waals surface area contributed by atoms with Gasteiger partial charge in [-0.3, -0.25) is 4.79 Å². The number of amidine groups is 1. The second-order valence-electron chi connectivity index (χ2n) is 5.15. The molecule has 0 spiro atoms. The number of hydrogen-bond donors (Lipinski definition) is 0. The summed E-state index contributed by atoms with van der Waals surface area (Å²) < 4.78 is 23.4. The fraction of sp³-hybridized carbons (Fsp3) is 0.429. The molecule has 0 aliphatic carbocycles. The summed E-state index contributed by atoms with van der Waals surface area (Å²) in [5, 5.41) is 0.647. The van der Waals surface area contributed by atoms with Gasteiger partial charge in [-0.2, -0.15) is 4.99 Å². The van der Waals surface area contributed by atoms with Crippen LogP contribution in [0.1, 0.15) is 17.3 Å². The molecule has 112 valence electrons. The third-order valence-electron chi connectivity index (χ3n) is 3.73. The Kier molecular flexibility index (Phi) is 3.79. The van der Waals surface area contributed by atoms with Gasteiger partial charge in [0.05, 0.1) is 17.5 Å². The van der Waals surface area contributed by atoms with Gasteiger partial charge < -0.3 is 4.90 Å². The van der Waals surface area contributed by atoms with Gasteiger partial charge in [0.25, 0.3) is 5.91 Å². The lowest BCUT2D eigenvalue weighted by atomic mass is 10.2. The number of hydrogen-bond acceptors (Lipinski definition) is 4. The zero-order valence-corrected chi connectivity index (χ0v) is 13.2. The number of fused-ring (bicyclic) bond motifs is 1. The highest BCUT2D eigenvalue weighted by molar-refractivity contribution is 8.15. The zero-order valence-electron chi connectivity index (χ0n) is 11.6. The summed E-state index contributed by atoms with van der Waals surface area (Å²) in [5.41, 5.74) is 0.548. The number of thioether (sulfide) groups is 1. The lowest BCUT2D eigenvalue weighted by molar-refractivity contribution is 0.100. The van der Waals surface area contributed by atoms with Crippen LogP contribution in [0.15, 0.2) is 35.3 Å². The normalized spacial score (nSPS) is 28.8. The van der Waals surface area contributed by atoms with E-state index >= 15 is 0 Å². The van der Waals surface area contributed by atoms with Crippen molar-refractivity contribution in [3.8, 4) is 0 Å². The molecule has 5 nitrogen and oxygen atoms in total. The number of sulfone groups is 1. The number of aliphatic imine (C=N–C) groups is 1. The lowest BCUT2D eigenvalue weighted by Gasteiger charge is -2.22. The van der Waals surface area contributed by atoms with E-state index in [2.05, 4.69) is 4.99 Å². The Hall–Kier alpha value is -1.34. The SMILES string of the molecule is CCN1C(=NC(=O)c2ccccc2)S[C@H]2CS(=O)(=O)C[C@H]21. The minimum atomic E-state index is -2.96. The Bertz CT molecular complexity index is 685. The Balaban J connectivity index is 1.84. The Labute approximate surface area is 128 Å². The molecule has 1 aromatic carbocycles. The molecule has 0 bridgehead atoms. The largest absolute Gasteiger partial charge is 0.346 e. The van der Waals surface area contributed by atoms with E-state index in [0.717, 1.165) is 0 Å². The lowest BCUT2D eigenvalue weighted by Crippen LogP contribution is -2.37. The quantitative estimate of drug-likeness (QED) is 0.823. The standard InChI is InChI=1S/C14H16N2O3S2/c1-2-16-11-8-21(18,19)9-12(11)20-14(16)15-13(17)10-6-4-3-5-7-10/h3-7,11-12H,2,8-9H2,1H3/t11-,12+/m1/s1. The maximum atomic E-state index is 12.2. The molecule has 1 aromatic rings. The monoisotopic (exact) mass is 324 g/mol. The third kappa shape index (κ3) is 2.85. The molecule has 3 rings (SSSR count). The van der Waals surface area contributed by atoms with Crippen LogP contribution in [-0.4, -0.2) is 53.7 Å². The van der Waals surface area contributed by atoms with Gasteiger partial charge >= 0.3 is 0 Å². The summed E-state index contributed by atoms with van der Waals surface area (Å²) in [6.45, 7) is 2.61. The minimum Gasteiger partial charge on any atom is -0.346 e. The van der Waals surface area contributed by atoms with Gasteiger partial charge in [0, 0.05) is 17.4 Å². The van der Waals surface area contributed by atoms with Crippen molar-refractivity contribution < 1.29 is 13.2 Å². The summed E-state index contributed by atoms with van der Waals surface area (Å²) in [4.78, 5) is 18.3. The Morgan fingerprint density at radius 2 is 2.05 bits per heavy atom. The van der Waals surface area contributed by atoms with Gasteiger partial charge in [-0.05, 0) is 19.1 Å². The average Bonchev–Trinajstić information content (AvgIpc) is 2.90. The van der Waals surface area contributed by atoms with Crippen LogP contribution in [0.2, 0.25) is 0 Å². The molecule has 0 aromatic heterocycles. The van der Waals surface area contributed by atoms with Crippen molar-refractivity contribution in [3.05, 3.63) is 35.9 Å². The maximum absolute atomic E-state index is 12.2. The number of amides is 1. The molecule has 2 saturated heterocycles. The fourth-order valence-electron chi connectivity index (χ4n) is 2.74. The molecular weight excluding hydrogens is 308 g/mol. The van der Waals surface area contributed by atoms with Crippen LogP contribution >= 0.6 is 11.8 Å². The molecule has 0 saturated carbocycles. The average molecular weight is 324 g/mol. The van der Waals surface area contributed by atoms with E-state index < -0.39 is 9.84 Å². The first-order chi connectivity index (χ1) is 10.00. The zero-order chi connectivity index (χ0) is 15.0. The highest BCUT2D eigenvalue weighted by Gasteiger charge is 2.48. The first-order valence-corrected chi connectivity index (χ1v) is 9.52. The molecule has 2 heterocycles. The van der Waals surface area contributed by atoms with Gasteiger partial charge in [-0.1, -0.05) is 30.0 Å². The van der Waals surface area contributed by atoms with E-state index in [9.17, 15) is 13.2 Å². The van der Waals surface area contributed by atoms with Crippen LogP contribution in [0, 0.1) is 0 Å². The first-order valence-electron chi connectivity index (χ1n) is 6.82. The van der Waals surface area contributed by atoms with Crippen LogP contribution in [-0.2, 0) is 9.84 Å². The molecule has 2 aliphatic rings. The first kappa shape index (κ1) is 14.6. The number of nitrogens with zero attached hydrogens (tertiary/aromatic N) is 2. The topological polar surface area (TPSA) is 66.8 Å². The fourth-order valence-corrected chi connectivity index (χ4v) is 6.75. The molecule has 21 heavy (non-hydrogen) atoms. The van der Waals surface area contributed by atoms with Gasteiger partial charge in [-0.25, -0.2) is 8.42 Å². The van der Waals surface area contributed by atoms with Crippen molar-refractivity contribution in [2.45, 2.75) is 18.2 Å². The molecule has 1 amide bonds. The third-order valence-corrected chi connectivity index (χ3v) is 6.98.